The lowest BCUT2D eigenvalue weighted by Crippen LogP contribution is -2.47. The van der Waals surface area contributed by atoms with Crippen LogP contribution < -0.4 is 16.0 Å². The summed E-state index contributed by atoms with van der Waals surface area (Å²) in [6.07, 6.45) is 8.79. The van der Waals surface area contributed by atoms with Gasteiger partial charge in [-0.15, -0.1) is 0 Å². The molecule has 0 fully saturated rings. The highest BCUT2D eigenvalue weighted by atomic mass is 16.2. The molecule has 10 nitrogen and oxygen atoms in total. The Morgan fingerprint density at radius 1 is 0.432 bits per heavy atom. The molecule has 37 heavy (non-hydrogen) atoms. The summed E-state index contributed by atoms with van der Waals surface area (Å²) < 4.78 is 0. The van der Waals surface area contributed by atoms with Crippen LogP contribution in [0.3, 0.4) is 0 Å². The van der Waals surface area contributed by atoms with Crippen molar-refractivity contribution in [2.45, 2.75) is 97.8 Å². The van der Waals surface area contributed by atoms with Gasteiger partial charge in [-0.05, 0) is 59.3 Å². The topological polar surface area (TPSA) is 142 Å². The quantitative estimate of drug-likeness (QED) is 0.164. The molecule has 3 N–H and O–H groups in total. The number of amides is 3. The minimum atomic E-state index is -0.263. The van der Waals surface area contributed by atoms with Gasteiger partial charge < -0.3 is 30.3 Å². The molecule has 0 atom stereocenters. The van der Waals surface area contributed by atoms with Gasteiger partial charge in [0.05, 0.1) is 19.6 Å². The number of rotatable bonds is 24. The van der Waals surface area contributed by atoms with Crippen LogP contribution in [0, 0.1) is 0 Å². The summed E-state index contributed by atoms with van der Waals surface area (Å²) in [5.41, 5.74) is 0. The molecule has 0 rings (SSSR count). The molecule has 0 aliphatic rings. The fourth-order valence-corrected chi connectivity index (χ4v) is 3.66. The van der Waals surface area contributed by atoms with Crippen LogP contribution in [0.4, 0.5) is 0 Å². The van der Waals surface area contributed by atoms with Gasteiger partial charge in [0, 0.05) is 38.9 Å². The molecule has 0 saturated carbocycles. The molecule has 0 bridgehead atoms. The zero-order valence-electron chi connectivity index (χ0n) is 23.1. The first-order chi connectivity index (χ1) is 17.6. The van der Waals surface area contributed by atoms with E-state index in [-0.39, 0.29) is 54.7 Å². The van der Waals surface area contributed by atoms with E-state index in [0.717, 1.165) is 57.8 Å². The van der Waals surface area contributed by atoms with Crippen molar-refractivity contribution < 1.29 is 28.8 Å². The summed E-state index contributed by atoms with van der Waals surface area (Å²) in [4.78, 5) is 71.7. The molecule has 212 valence electrons. The summed E-state index contributed by atoms with van der Waals surface area (Å²) in [6, 6.07) is 0. The normalized spacial score (nSPS) is 10.7. The molecule has 10 heteroatoms. The van der Waals surface area contributed by atoms with Crippen molar-refractivity contribution in [2.75, 3.05) is 39.3 Å². The second-order valence-electron chi connectivity index (χ2n) is 9.73. The standard InChI is InChI=1S/C27H48N4O6/c1-22(32)13-7-4-10-16-28-25(35)19-31(20-26(36)29-17-11-5-8-14-23(2)33)21-27(37)30-18-12-6-9-15-24(3)34/h4-21H2,1-3H3,(H,28,35)(H,29,36)(H,30,37). The van der Waals surface area contributed by atoms with Crippen molar-refractivity contribution in [1.29, 1.82) is 0 Å². The fraction of sp³-hybridized carbons (Fsp3) is 0.778. The second-order valence-corrected chi connectivity index (χ2v) is 9.73. The highest BCUT2D eigenvalue weighted by Gasteiger charge is 2.17. The molecule has 0 aromatic rings. The summed E-state index contributed by atoms with van der Waals surface area (Å²) in [5, 5.41) is 8.44. The summed E-state index contributed by atoms with van der Waals surface area (Å²) in [6.45, 7) is 5.88. The Hall–Kier alpha value is -2.62. The number of ketones is 3. The van der Waals surface area contributed by atoms with E-state index in [0.29, 0.717) is 38.9 Å². The third kappa shape index (κ3) is 24.8. The molecule has 0 heterocycles. The van der Waals surface area contributed by atoms with E-state index in [1.54, 1.807) is 20.8 Å². The highest BCUT2D eigenvalue weighted by Crippen LogP contribution is 2.01. The molecular formula is C27H48N4O6. The molecule has 0 aromatic carbocycles. The average molecular weight is 525 g/mol. The van der Waals surface area contributed by atoms with Crippen LogP contribution in [0.1, 0.15) is 97.8 Å². The number of nitrogens with one attached hydrogen (secondary N) is 3. The number of hydrogen-bond acceptors (Lipinski definition) is 7. The van der Waals surface area contributed by atoms with E-state index < -0.39 is 0 Å². The Morgan fingerprint density at radius 2 is 0.703 bits per heavy atom. The smallest absolute Gasteiger partial charge is 0.234 e. The molecule has 0 aliphatic heterocycles. The van der Waals surface area contributed by atoms with Gasteiger partial charge in [0.2, 0.25) is 17.7 Å². The van der Waals surface area contributed by atoms with E-state index in [1.165, 1.54) is 4.90 Å². The van der Waals surface area contributed by atoms with Gasteiger partial charge in [-0.2, -0.15) is 0 Å². The van der Waals surface area contributed by atoms with Gasteiger partial charge in [0.15, 0.2) is 0 Å². The van der Waals surface area contributed by atoms with E-state index in [2.05, 4.69) is 16.0 Å². The fourth-order valence-electron chi connectivity index (χ4n) is 3.66. The van der Waals surface area contributed by atoms with E-state index in [4.69, 9.17) is 0 Å². The Morgan fingerprint density at radius 3 is 0.946 bits per heavy atom. The summed E-state index contributed by atoms with van der Waals surface area (Å²) in [7, 11) is 0. The van der Waals surface area contributed by atoms with E-state index in [9.17, 15) is 28.8 Å². The maximum Gasteiger partial charge on any atom is 0.234 e. The van der Waals surface area contributed by atoms with Crippen LogP contribution in [0.25, 0.3) is 0 Å². The molecule has 3 amide bonds. The zero-order chi connectivity index (χ0) is 27.9. The number of Topliss-reactive ketones (excluding diaryl/α,β-unsaturated/α-hetero) is 3. The third-order valence-corrected chi connectivity index (χ3v) is 5.68. The maximum atomic E-state index is 12.4. The first kappa shape index (κ1) is 34.4. The average Bonchev–Trinajstić information content (AvgIpc) is 2.80. The minimum Gasteiger partial charge on any atom is -0.355 e. The maximum absolute atomic E-state index is 12.4. The predicted molar refractivity (Wildman–Crippen MR) is 143 cm³/mol. The molecule has 0 unspecified atom stereocenters. The van der Waals surface area contributed by atoms with Gasteiger partial charge in [-0.3, -0.25) is 19.3 Å². The van der Waals surface area contributed by atoms with Gasteiger partial charge >= 0.3 is 0 Å². The van der Waals surface area contributed by atoms with Crippen molar-refractivity contribution >= 4 is 35.1 Å². The van der Waals surface area contributed by atoms with Gasteiger partial charge in [-0.1, -0.05) is 19.3 Å². The Kier molecular flexibility index (Phi) is 21.0. The first-order valence-corrected chi connectivity index (χ1v) is 13.6. The molecule has 0 spiro atoms. The second kappa shape index (κ2) is 22.6. The van der Waals surface area contributed by atoms with Crippen LogP contribution in [0.5, 0.6) is 0 Å². The molecular weight excluding hydrogens is 476 g/mol. The molecule has 0 radical (unpaired) electrons. The number of carbonyl (C=O) groups is 6. The van der Waals surface area contributed by atoms with E-state index in [1.807, 2.05) is 0 Å². The molecule has 0 aromatic heterocycles. The largest absolute Gasteiger partial charge is 0.355 e. The summed E-state index contributed by atoms with van der Waals surface area (Å²) >= 11 is 0. The lowest BCUT2D eigenvalue weighted by molar-refractivity contribution is -0.128. The molecule has 0 saturated heterocycles. The Bertz CT molecular complexity index is 631. The SMILES string of the molecule is CC(=O)CCCCCNC(=O)CN(CC(=O)NCCCCCC(C)=O)CC(=O)NCCCCCC(C)=O. The van der Waals surface area contributed by atoms with Crippen molar-refractivity contribution in [1.82, 2.24) is 20.9 Å². The van der Waals surface area contributed by atoms with Crippen LogP contribution in [0.15, 0.2) is 0 Å². The molecule has 0 aliphatic carbocycles. The minimum absolute atomic E-state index is 0.0779. The number of unbranched alkanes of at least 4 members (excludes halogenated alkanes) is 6. The number of carbonyl (C=O) groups excluding carboxylic acids is 6. The first-order valence-electron chi connectivity index (χ1n) is 13.6. The van der Waals surface area contributed by atoms with E-state index >= 15 is 0 Å². The van der Waals surface area contributed by atoms with Crippen LogP contribution in [-0.2, 0) is 28.8 Å². The number of hydrogen-bond donors (Lipinski definition) is 3. The van der Waals surface area contributed by atoms with Crippen molar-refractivity contribution in [2.24, 2.45) is 0 Å². The van der Waals surface area contributed by atoms with Crippen LogP contribution in [0.2, 0.25) is 0 Å². The van der Waals surface area contributed by atoms with Crippen LogP contribution in [-0.4, -0.2) is 79.2 Å². The summed E-state index contributed by atoms with van der Waals surface area (Å²) in [5.74, 6) is -0.322. The predicted octanol–water partition coefficient (Wildman–Crippen LogP) is 2.09. The van der Waals surface area contributed by atoms with Crippen molar-refractivity contribution in [3.8, 4) is 0 Å². The lowest BCUT2D eigenvalue weighted by Gasteiger charge is -2.21. The lowest BCUT2D eigenvalue weighted by atomic mass is 10.1. The van der Waals surface area contributed by atoms with Crippen molar-refractivity contribution in [3.05, 3.63) is 0 Å². The Labute approximate surface area is 222 Å². The highest BCUT2D eigenvalue weighted by molar-refractivity contribution is 5.84. The van der Waals surface area contributed by atoms with Gasteiger partial charge in [0.1, 0.15) is 17.3 Å². The van der Waals surface area contributed by atoms with Gasteiger partial charge in [0.25, 0.3) is 0 Å². The zero-order valence-corrected chi connectivity index (χ0v) is 23.1. The Balaban J connectivity index is 4.50. The number of nitrogens with zero attached hydrogens (tertiary/aromatic N) is 1. The monoisotopic (exact) mass is 524 g/mol. The van der Waals surface area contributed by atoms with Gasteiger partial charge in [-0.25, -0.2) is 0 Å². The third-order valence-electron chi connectivity index (χ3n) is 5.68. The van der Waals surface area contributed by atoms with Crippen LogP contribution >= 0.6 is 0 Å². The van der Waals surface area contributed by atoms with Crippen molar-refractivity contribution in [3.63, 3.8) is 0 Å².